The molecule has 122 valence electrons. The molecule has 2 aromatic rings. The lowest BCUT2D eigenvalue weighted by Crippen LogP contribution is -2.36. The van der Waals surface area contributed by atoms with E-state index in [1.54, 1.807) is 18.2 Å². The second-order valence-electron chi connectivity index (χ2n) is 4.80. The maximum Gasteiger partial charge on any atom is 0.345 e. The number of hydrogen-bond donors (Lipinski definition) is 2. The SMILES string of the molecule is COc1cc(C(O)(C(=O)O)c2ccccc2)cc(OC)c1OC. The Hall–Kier alpha value is -2.73. The minimum Gasteiger partial charge on any atom is -0.493 e. The molecule has 0 aliphatic carbocycles. The number of aliphatic hydroxyl groups is 1. The van der Waals surface area contributed by atoms with Gasteiger partial charge in [-0.25, -0.2) is 4.79 Å². The molecule has 0 heterocycles. The number of carboxylic acid groups (broad SMARTS) is 1. The van der Waals surface area contributed by atoms with Crippen molar-refractivity contribution >= 4 is 5.97 Å². The van der Waals surface area contributed by atoms with Crippen molar-refractivity contribution in [2.24, 2.45) is 0 Å². The molecule has 2 rings (SSSR count). The van der Waals surface area contributed by atoms with E-state index in [4.69, 9.17) is 14.2 Å². The predicted octanol–water partition coefficient (Wildman–Crippen LogP) is 2.03. The summed E-state index contributed by atoms with van der Waals surface area (Å²) in [6.07, 6.45) is 0. The predicted molar refractivity (Wildman–Crippen MR) is 83.2 cm³/mol. The van der Waals surface area contributed by atoms with Gasteiger partial charge in [-0.3, -0.25) is 0 Å². The zero-order valence-electron chi connectivity index (χ0n) is 13.1. The van der Waals surface area contributed by atoms with Gasteiger partial charge in [-0.05, 0) is 17.7 Å². The fourth-order valence-electron chi connectivity index (χ4n) is 2.38. The van der Waals surface area contributed by atoms with Gasteiger partial charge in [0.15, 0.2) is 11.5 Å². The highest BCUT2D eigenvalue weighted by molar-refractivity contribution is 5.84. The average molecular weight is 318 g/mol. The molecule has 0 aliphatic rings. The first kappa shape index (κ1) is 16.6. The highest BCUT2D eigenvalue weighted by Crippen LogP contribution is 2.42. The summed E-state index contributed by atoms with van der Waals surface area (Å²) >= 11 is 0. The highest BCUT2D eigenvalue weighted by Gasteiger charge is 2.41. The number of carboxylic acids is 1. The van der Waals surface area contributed by atoms with Crippen molar-refractivity contribution in [1.82, 2.24) is 0 Å². The number of hydrogen-bond acceptors (Lipinski definition) is 5. The van der Waals surface area contributed by atoms with Crippen molar-refractivity contribution in [2.45, 2.75) is 5.60 Å². The van der Waals surface area contributed by atoms with Crippen LogP contribution in [-0.4, -0.2) is 37.5 Å². The van der Waals surface area contributed by atoms with Crippen LogP contribution in [0.2, 0.25) is 0 Å². The van der Waals surface area contributed by atoms with E-state index in [9.17, 15) is 15.0 Å². The molecule has 6 heteroatoms. The fourth-order valence-corrected chi connectivity index (χ4v) is 2.38. The third kappa shape index (κ3) is 2.80. The normalized spacial score (nSPS) is 13.0. The Bertz CT molecular complexity index is 672. The Morgan fingerprint density at radius 2 is 1.43 bits per heavy atom. The number of benzene rings is 2. The van der Waals surface area contributed by atoms with Gasteiger partial charge in [-0.15, -0.1) is 0 Å². The molecule has 0 aliphatic heterocycles. The molecule has 0 bridgehead atoms. The first-order valence-electron chi connectivity index (χ1n) is 6.80. The largest absolute Gasteiger partial charge is 0.493 e. The number of aliphatic carboxylic acids is 1. The number of rotatable bonds is 6. The standard InChI is InChI=1S/C17H18O6/c1-21-13-9-12(10-14(22-2)15(13)23-3)17(20,16(18)19)11-7-5-4-6-8-11/h4-10,20H,1-3H3,(H,18,19). The molecule has 2 N–H and O–H groups in total. The molecule has 2 aromatic carbocycles. The Morgan fingerprint density at radius 1 is 0.913 bits per heavy atom. The number of ether oxygens (including phenoxy) is 3. The van der Waals surface area contributed by atoms with E-state index < -0.39 is 11.6 Å². The summed E-state index contributed by atoms with van der Waals surface area (Å²) in [4.78, 5) is 11.8. The van der Waals surface area contributed by atoms with Crippen LogP contribution in [0.4, 0.5) is 0 Å². The Balaban J connectivity index is 2.73. The molecule has 23 heavy (non-hydrogen) atoms. The Labute approximate surface area is 133 Å². The summed E-state index contributed by atoms with van der Waals surface area (Å²) in [7, 11) is 4.29. The first-order valence-corrected chi connectivity index (χ1v) is 6.80. The van der Waals surface area contributed by atoms with Crippen molar-refractivity contribution in [3.8, 4) is 17.2 Å². The summed E-state index contributed by atoms with van der Waals surface area (Å²) in [5.74, 6) is -0.563. The quantitative estimate of drug-likeness (QED) is 0.848. The van der Waals surface area contributed by atoms with Gasteiger partial charge in [0.25, 0.3) is 0 Å². The second-order valence-corrected chi connectivity index (χ2v) is 4.80. The third-order valence-corrected chi connectivity index (χ3v) is 3.58. The summed E-state index contributed by atoms with van der Waals surface area (Å²) < 4.78 is 15.7. The molecule has 0 saturated heterocycles. The van der Waals surface area contributed by atoms with E-state index in [1.807, 2.05) is 0 Å². The summed E-state index contributed by atoms with van der Waals surface area (Å²) in [6, 6.07) is 11.0. The van der Waals surface area contributed by atoms with Gasteiger partial charge in [-0.2, -0.15) is 0 Å². The molecule has 0 spiro atoms. The van der Waals surface area contributed by atoms with Crippen LogP contribution < -0.4 is 14.2 Å². The Kier molecular flexibility index (Phi) is 4.76. The van der Waals surface area contributed by atoms with E-state index in [2.05, 4.69) is 0 Å². The van der Waals surface area contributed by atoms with Gasteiger partial charge in [-0.1, -0.05) is 30.3 Å². The van der Waals surface area contributed by atoms with Gasteiger partial charge < -0.3 is 24.4 Å². The molecule has 0 radical (unpaired) electrons. The van der Waals surface area contributed by atoms with Crippen molar-refractivity contribution < 1.29 is 29.2 Å². The van der Waals surface area contributed by atoms with Gasteiger partial charge in [0, 0.05) is 5.56 Å². The van der Waals surface area contributed by atoms with Crippen LogP contribution in [0, 0.1) is 0 Å². The average Bonchev–Trinajstić information content (AvgIpc) is 2.60. The lowest BCUT2D eigenvalue weighted by Gasteiger charge is -2.26. The van der Waals surface area contributed by atoms with E-state index in [0.717, 1.165) is 0 Å². The molecule has 0 fully saturated rings. The Morgan fingerprint density at radius 3 is 1.83 bits per heavy atom. The summed E-state index contributed by atoms with van der Waals surface area (Å²) in [5, 5.41) is 20.5. The summed E-state index contributed by atoms with van der Waals surface area (Å²) in [6.45, 7) is 0. The van der Waals surface area contributed by atoms with Crippen LogP contribution in [0.25, 0.3) is 0 Å². The van der Waals surface area contributed by atoms with Crippen LogP contribution in [-0.2, 0) is 10.4 Å². The minimum absolute atomic E-state index is 0.103. The van der Waals surface area contributed by atoms with E-state index in [1.165, 1.54) is 45.6 Å². The zero-order chi connectivity index (χ0) is 17.0. The summed E-state index contributed by atoms with van der Waals surface area (Å²) in [5.41, 5.74) is -1.92. The van der Waals surface area contributed by atoms with E-state index in [-0.39, 0.29) is 22.6 Å². The van der Waals surface area contributed by atoms with Crippen LogP contribution in [0.3, 0.4) is 0 Å². The van der Waals surface area contributed by atoms with Gasteiger partial charge in [0.1, 0.15) is 0 Å². The molecular formula is C17H18O6. The van der Waals surface area contributed by atoms with Crippen molar-refractivity contribution in [3.63, 3.8) is 0 Å². The van der Waals surface area contributed by atoms with Crippen molar-refractivity contribution in [3.05, 3.63) is 53.6 Å². The molecule has 6 nitrogen and oxygen atoms in total. The van der Waals surface area contributed by atoms with Crippen LogP contribution in [0.15, 0.2) is 42.5 Å². The van der Waals surface area contributed by atoms with Gasteiger partial charge >= 0.3 is 5.97 Å². The minimum atomic E-state index is -2.24. The lowest BCUT2D eigenvalue weighted by atomic mass is 9.86. The van der Waals surface area contributed by atoms with E-state index >= 15 is 0 Å². The smallest absolute Gasteiger partial charge is 0.345 e. The zero-order valence-corrected chi connectivity index (χ0v) is 13.1. The van der Waals surface area contributed by atoms with Crippen molar-refractivity contribution in [2.75, 3.05) is 21.3 Å². The second kappa shape index (κ2) is 6.58. The van der Waals surface area contributed by atoms with Gasteiger partial charge in [0.2, 0.25) is 11.4 Å². The van der Waals surface area contributed by atoms with Gasteiger partial charge in [0.05, 0.1) is 21.3 Å². The molecule has 0 aromatic heterocycles. The fraction of sp³-hybridized carbons (Fsp3) is 0.235. The van der Waals surface area contributed by atoms with Crippen LogP contribution in [0.1, 0.15) is 11.1 Å². The highest BCUT2D eigenvalue weighted by atomic mass is 16.5. The number of carbonyl (C=O) groups is 1. The maximum absolute atomic E-state index is 11.8. The van der Waals surface area contributed by atoms with Crippen LogP contribution in [0.5, 0.6) is 17.2 Å². The molecular weight excluding hydrogens is 300 g/mol. The molecule has 0 saturated carbocycles. The third-order valence-electron chi connectivity index (χ3n) is 3.58. The monoisotopic (exact) mass is 318 g/mol. The first-order chi connectivity index (χ1) is 11.0. The van der Waals surface area contributed by atoms with Crippen molar-refractivity contribution in [1.29, 1.82) is 0 Å². The maximum atomic E-state index is 11.8. The topological polar surface area (TPSA) is 85.2 Å². The number of methoxy groups -OCH3 is 3. The van der Waals surface area contributed by atoms with E-state index in [0.29, 0.717) is 5.75 Å². The van der Waals surface area contributed by atoms with Crippen LogP contribution >= 0.6 is 0 Å². The molecule has 0 amide bonds. The lowest BCUT2D eigenvalue weighted by molar-refractivity contribution is -0.155. The molecule has 1 atom stereocenters. The molecule has 1 unspecified atom stereocenters.